The van der Waals surface area contributed by atoms with Gasteiger partial charge in [-0.15, -0.1) is 0 Å². The molecule has 10 nitrogen and oxygen atoms in total. The highest BCUT2D eigenvalue weighted by Gasteiger charge is 2.49. The van der Waals surface area contributed by atoms with Crippen LogP contribution >= 0.6 is 0 Å². The van der Waals surface area contributed by atoms with E-state index < -0.39 is 0 Å². The van der Waals surface area contributed by atoms with E-state index in [9.17, 15) is 9.59 Å². The van der Waals surface area contributed by atoms with Crippen molar-refractivity contribution in [2.75, 3.05) is 13.7 Å². The number of imidazole rings is 1. The van der Waals surface area contributed by atoms with Gasteiger partial charge < -0.3 is 29.8 Å². The van der Waals surface area contributed by atoms with Crippen LogP contribution in [0.25, 0.3) is 33.6 Å². The van der Waals surface area contributed by atoms with Crippen molar-refractivity contribution >= 4 is 33.9 Å². The Morgan fingerprint density at radius 3 is 2.70 bits per heavy atom. The molecule has 46 heavy (non-hydrogen) atoms. The fourth-order valence-corrected chi connectivity index (χ4v) is 8.47. The predicted molar refractivity (Wildman–Crippen MR) is 177 cm³/mol. The maximum atomic E-state index is 13.9. The number of rotatable bonds is 3. The maximum Gasteiger partial charge on any atom is 0.254 e. The van der Waals surface area contributed by atoms with E-state index in [1.165, 1.54) is 0 Å². The van der Waals surface area contributed by atoms with Crippen molar-refractivity contribution in [2.24, 2.45) is 24.1 Å². The first kappa shape index (κ1) is 29.5. The van der Waals surface area contributed by atoms with E-state index in [2.05, 4.69) is 26.6 Å². The Morgan fingerprint density at radius 2 is 1.89 bits per heavy atom. The second kappa shape index (κ2) is 11.1. The molecular weight excluding hydrogens is 578 g/mol. The van der Waals surface area contributed by atoms with Gasteiger partial charge in [0.2, 0.25) is 5.91 Å². The number of nitrogens with one attached hydrogen (secondary N) is 1. The van der Waals surface area contributed by atoms with Crippen LogP contribution in [0.1, 0.15) is 93.2 Å². The van der Waals surface area contributed by atoms with Gasteiger partial charge in [-0.25, -0.2) is 9.97 Å². The minimum Gasteiger partial charge on any atom is -0.494 e. The highest BCUT2D eigenvalue weighted by Crippen LogP contribution is 2.50. The molecule has 5 heterocycles. The number of methoxy groups -OCH3 is 1. The quantitative estimate of drug-likeness (QED) is 0.312. The summed E-state index contributed by atoms with van der Waals surface area (Å²) in [6.45, 7) is 3.45. The fraction of sp³-hybridized carbons (Fsp3) is 0.556. The van der Waals surface area contributed by atoms with Crippen molar-refractivity contribution in [3.63, 3.8) is 0 Å². The van der Waals surface area contributed by atoms with Gasteiger partial charge in [-0.1, -0.05) is 19.3 Å². The van der Waals surface area contributed by atoms with E-state index in [1.807, 2.05) is 37.1 Å². The van der Waals surface area contributed by atoms with Gasteiger partial charge in [0, 0.05) is 48.6 Å². The minimum absolute atomic E-state index is 0.000946. The number of piperidine rings is 1. The molecule has 3 N–H and O–H groups in total. The molecule has 1 saturated heterocycles. The van der Waals surface area contributed by atoms with Crippen LogP contribution < -0.4 is 15.8 Å². The van der Waals surface area contributed by atoms with Crippen LogP contribution in [0, 0.1) is 11.3 Å². The Morgan fingerprint density at radius 1 is 1.07 bits per heavy atom. The van der Waals surface area contributed by atoms with Crippen LogP contribution in [0.3, 0.4) is 0 Å². The van der Waals surface area contributed by atoms with Gasteiger partial charge in [0.25, 0.3) is 5.91 Å². The molecule has 2 aliphatic carbocycles. The molecule has 0 unspecified atom stereocenters. The summed E-state index contributed by atoms with van der Waals surface area (Å²) in [6, 6.07) is 10.2. The largest absolute Gasteiger partial charge is 0.494 e. The van der Waals surface area contributed by atoms with E-state index in [-0.39, 0.29) is 35.4 Å². The van der Waals surface area contributed by atoms with E-state index in [4.69, 9.17) is 20.4 Å². The number of carbonyl (C=O) groups excluding carboxylic acids is 2. The highest BCUT2D eigenvalue weighted by molar-refractivity contribution is 6.00. The molecule has 10 heteroatoms. The van der Waals surface area contributed by atoms with Crippen LogP contribution in [0.4, 0.5) is 0 Å². The number of fused-ring (bicyclic) bond motifs is 4. The molecule has 2 saturated carbocycles. The number of nitrogens with zero attached hydrogens (tertiary/aromatic N) is 5. The number of likely N-dealkylation sites (tertiary alicyclic amines) is 1. The maximum absolute atomic E-state index is 13.9. The summed E-state index contributed by atoms with van der Waals surface area (Å²) in [7, 11) is 3.66. The molecule has 0 radical (unpaired) electrons. The van der Waals surface area contributed by atoms with Gasteiger partial charge in [0.1, 0.15) is 16.9 Å². The molecule has 4 bridgehead atoms. The Bertz CT molecular complexity index is 1850. The lowest BCUT2D eigenvalue weighted by Gasteiger charge is -2.37. The molecule has 4 aliphatic rings. The third-order valence-corrected chi connectivity index (χ3v) is 11.5. The zero-order valence-electron chi connectivity index (χ0n) is 27.2. The number of pyridine rings is 1. The number of hydrogen-bond acceptors (Lipinski definition) is 6. The van der Waals surface area contributed by atoms with E-state index in [0.29, 0.717) is 23.8 Å². The zero-order valence-corrected chi connectivity index (χ0v) is 27.2. The van der Waals surface area contributed by atoms with Gasteiger partial charge in [0.15, 0.2) is 5.82 Å². The summed E-state index contributed by atoms with van der Waals surface area (Å²) in [5.41, 5.74) is 11.2. The van der Waals surface area contributed by atoms with Gasteiger partial charge >= 0.3 is 0 Å². The average Bonchev–Trinajstić information content (AvgIpc) is 3.42. The second-order valence-corrected chi connectivity index (χ2v) is 14.4. The van der Waals surface area contributed by atoms with Crippen molar-refractivity contribution < 1.29 is 14.3 Å². The normalized spacial score (nSPS) is 26.1. The van der Waals surface area contributed by atoms with Gasteiger partial charge in [-0.05, 0) is 88.1 Å². The minimum atomic E-state index is -0.176. The molecule has 3 fully saturated rings. The van der Waals surface area contributed by atoms with Crippen molar-refractivity contribution in [1.29, 1.82) is 0 Å². The van der Waals surface area contributed by atoms with Crippen LogP contribution in [0.5, 0.6) is 5.75 Å². The third kappa shape index (κ3) is 4.79. The van der Waals surface area contributed by atoms with Crippen LogP contribution in [-0.4, -0.2) is 61.6 Å². The Kier molecular flexibility index (Phi) is 7.12. The summed E-state index contributed by atoms with van der Waals surface area (Å²) in [4.78, 5) is 39.4. The lowest BCUT2D eigenvalue weighted by molar-refractivity contribution is -0.127. The summed E-state index contributed by atoms with van der Waals surface area (Å²) in [6.07, 6.45) is 10.4. The monoisotopic (exact) mass is 623 g/mol. The van der Waals surface area contributed by atoms with E-state index in [1.54, 1.807) is 7.11 Å². The summed E-state index contributed by atoms with van der Waals surface area (Å²) in [5, 5.41) is 4.31. The van der Waals surface area contributed by atoms with Crippen molar-refractivity contribution in [1.82, 2.24) is 29.3 Å². The van der Waals surface area contributed by atoms with E-state index >= 15 is 0 Å². The number of amides is 2. The van der Waals surface area contributed by atoms with Gasteiger partial charge in [-0.2, -0.15) is 0 Å². The zero-order chi connectivity index (χ0) is 31.7. The smallest absolute Gasteiger partial charge is 0.254 e. The Labute approximate surface area is 269 Å². The van der Waals surface area contributed by atoms with Crippen LogP contribution in [0.2, 0.25) is 0 Å². The lowest BCUT2D eigenvalue weighted by atomic mass is 9.94. The van der Waals surface area contributed by atoms with Crippen molar-refractivity contribution in [2.45, 2.75) is 95.8 Å². The SMILES string of the molecule is COc1cc(C(=O)N2C[C@H](N)[C@@H]3CC[C@H]2C3)cc2nc(-c3cc4ccc5nc4n3CCCCCCC3(CC3)C(=O)N[C@@H]5C)n(C)c12. The first-order valence-electron chi connectivity index (χ1n) is 17.2. The summed E-state index contributed by atoms with van der Waals surface area (Å²) >= 11 is 0. The molecule has 8 rings (SSSR count). The highest BCUT2D eigenvalue weighted by atomic mass is 16.5. The van der Waals surface area contributed by atoms with Crippen molar-refractivity contribution in [3.8, 4) is 17.3 Å². The van der Waals surface area contributed by atoms with Gasteiger partial charge in [0.05, 0.1) is 30.1 Å². The van der Waals surface area contributed by atoms with Gasteiger partial charge in [-0.3, -0.25) is 9.59 Å². The topological polar surface area (TPSA) is 120 Å². The Hall–Kier alpha value is -3.92. The molecule has 242 valence electrons. The predicted octanol–water partition coefficient (Wildman–Crippen LogP) is 5.47. The molecule has 1 aromatic carbocycles. The second-order valence-electron chi connectivity index (χ2n) is 14.4. The molecule has 2 aliphatic heterocycles. The fourth-order valence-electron chi connectivity index (χ4n) is 8.47. The van der Waals surface area contributed by atoms with Crippen LogP contribution in [0.15, 0.2) is 30.3 Å². The number of benzene rings is 1. The first-order valence-corrected chi connectivity index (χ1v) is 17.2. The number of nitrogens with two attached hydrogens (primary N) is 1. The molecule has 2 amide bonds. The first-order chi connectivity index (χ1) is 22.3. The third-order valence-electron chi connectivity index (χ3n) is 11.5. The molecular formula is C36H45N7O3. The summed E-state index contributed by atoms with van der Waals surface area (Å²) < 4.78 is 10.2. The Balaban J connectivity index is 1.19. The number of ether oxygens (including phenoxy) is 1. The molecule has 1 spiro atoms. The lowest BCUT2D eigenvalue weighted by Crippen LogP contribution is -2.51. The van der Waals surface area contributed by atoms with Crippen LogP contribution in [-0.2, 0) is 18.4 Å². The van der Waals surface area contributed by atoms with E-state index in [0.717, 1.165) is 110 Å². The molecule has 3 aromatic heterocycles. The number of carbonyl (C=O) groups is 2. The average molecular weight is 624 g/mol. The number of aryl methyl sites for hydroxylation is 2. The molecule has 4 atom stereocenters. The summed E-state index contributed by atoms with van der Waals surface area (Å²) in [5.74, 6) is 2.13. The molecule has 4 aromatic rings. The number of hydrogen-bond donors (Lipinski definition) is 2. The number of aromatic nitrogens is 4. The standard InChI is InChI=1S/C36H45N7O3/c1-21-27-11-9-23-18-29(42(32(23)39-27)15-7-5-4-6-12-36(13-14-36)35(45)38-21)33-40-28-17-24(19-30(46-3)31(28)41(33)2)34(44)43-20-26(37)22-8-10-25(43)16-22/h9,11,17-19,21-22,25-26H,4-8,10,12-16,20,37H2,1-3H3,(H,38,45)/t21-,22-,25+,26+/m1/s1. The van der Waals surface area contributed by atoms with Crippen molar-refractivity contribution in [3.05, 3.63) is 41.6 Å².